The Hall–Kier alpha value is -4.19. The number of benzene rings is 3. The number of H-pyrrole nitrogens is 1. The molecule has 5 aromatic rings. The zero-order valence-corrected chi connectivity index (χ0v) is 20.4. The van der Waals surface area contributed by atoms with Crippen LogP contribution in [-0.4, -0.2) is 33.8 Å². The highest BCUT2D eigenvalue weighted by Crippen LogP contribution is 2.35. The number of aromatic nitrogens is 2. The first-order valence-corrected chi connectivity index (χ1v) is 12.4. The first-order chi connectivity index (χ1) is 17.6. The third-order valence-electron chi connectivity index (χ3n) is 6.41. The number of ether oxygens (including phenoxy) is 2. The maximum absolute atomic E-state index is 10.7. The second kappa shape index (κ2) is 10.6. The molecule has 0 spiro atoms. The number of fused-ring (bicyclic) bond motifs is 2. The summed E-state index contributed by atoms with van der Waals surface area (Å²) in [5.74, 6) is 0.523. The Morgan fingerprint density at radius 2 is 1.89 bits per heavy atom. The summed E-state index contributed by atoms with van der Waals surface area (Å²) in [6.07, 6.45) is 7.01. The Morgan fingerprint density at radius 1 is 1.03 bits per heavy atom. The lowest BCUT2D eigenvalue weighted by Crippen LogP contribution is -2.09. The average Bonchev–Trinajstić information content (AvgIpc) is 3.51. The van der Waals surface area contributed by atoms with Crippen LogP contribution in [0.2, 0.25) is 0 Å². The number of hydrogen-bond acceptors (Lipinski definition) is 3. The molecule has 2 heterocycles. The maximum atomic E-state index is 10.7. The minimum atomic E-state index is -0.984. The van der Waals surface area contributed by atoms with E-state index in [-0.39, 0.29) is 6.61 Å². The molecule has 0 bridgehead atoms. The van der Waals surface area contributed by atoms with Gasteiger partial charge in [-0.05, 0) is 54.8 Å². The van der Waals surface area contributed by atoms with E-state index < -0.39 is 5.97 Å². The molecule has 0 aliphatic rings. The predicted octanol–water partition coefficient (Wildman–Crippen LogP) is 6.67. The zero-order valence-electron chi connectivity index (χ0n) is 20.4. The summed E-state index contributed by atoms with van der Waals surface area (Å²) in [6, 6.07) is 22.4. The largest absolute Gasteiger partial charge is 0.493 e. The lowest BCUT2D eigenvalue weighted by Gasteiger charge is -2.13. The van der Waals surface area contributed by atoms with Crippen molar-refractivity contribution in [2.75, 3.05) is 13.2 Å². The number of hydrogen-bond donors (Lipinski definition) is 2. The van der Waals surface area contributed by atoms with Gasteiger partial charge in [-0.15, -0.1) is 0 Å². The first kappa shape index (κ1) is 23.5. The van der Waals surface area contributed by atoms with Gasteiger partial charge in [0.05, 0.1) is 12.1 Å². The number of carbonyl (C=O) groups is 1. The monoisotopic (exact) mass is 482 g/mol. The summed E-state index contributed by atoms with van der Waals surface area (Å²) in [4.78, 5) is 14.2. The summed E-state index contributed by atoms with van der Waals surface area (Å²) in [5, 5.41) is 11.0. The standard InChI is InChI=1S/C30H30N2O4/c1-2-7-25-28(13-11-24-26(19-31-30(24)25)21-8-4-3-5-9-21)35-17-6-15-32-16-14-22-18-23(10-12-27(22)32)36-20-29(33)34/h3-5,8-14,16,18-19,31H,2,6-7,15,17,20H2,1H3,(H,33,34). The van der Waals surface area contributed by atoms with Gasteiger partial charge in [-0.25, -0.2) is 4.79 Å². The van der Waals surface area contributed by atoms with Crippen molar-refractivity contribution >= 4 is 27.8 Å². The van der Waals surface area contributed by atoms with Gasteiger partial charge in [0.2, 0.25) is 0 Å². The molecule has 6 heteroatoms. The molecular weight excluding hydrogens is 452 g/mol. The van der Waals surface area contributed by atoms with Crippen molar-refractivity contribution in [2.24, 2.45) is 0 Å². The molecule has 0 fully saturated rings. The van der Waals surface area contributed by atoms with Gasteiger partial charge in [-0.1, -0.05) is 43.7 Å². The fourth-order valence-corrected chi connectivity index (χ4v) is 4.76. The topological polar surface area (TPSA) is 76.5 Å². The first-order valence-electron chi connectivity index (χ1n) is 12.4. The van der Waals surface area contributed by atoms with Crippen LogP contribution >= 0.6 is 0 Å². The van der Waals surface area contributed by atoms with Crippen molar-refractivity contribution < 1.29 is 19.4 Å². The van der Waals surface area contributed by atoms with Gasteiger partial charge in [0.1, 0.15) is 11.5 Å². The van der Waals surface area contributed by atoms with Crippen molar-refractivity contribution in [1.29, 1.82) is 0 Å². The molecule has 2 aromatic heterocycles. The quantitative estimate of drug-likeness (QED) is 0.206. The Labute approximate surface area is 210 Å². The average molecular weight is 483 g/mol. The number of carboxylic acid groups (broad SMARTS) is 1. The minimum Gasteiger partial charge on any atom is -0.493 e. The van der Waals surface area contributed by atoms with Crippen LogP contribution in [-0.2, 0) is 17.8 Å². The van der Waals surface area contributed by atoms with E-state index in [9.17, 15) is 4.79 Å². The SMILES string of the molecule is CCCc1c(OCCCn2ccc3cc(OCC(=O)O)ccc32)ccc2c(-c3ccccc3)c[nH]c12. The van der Waals surface area contributed by atoms with Crippen molar-refractivity contribution in [1.82, 2.24) is 9.55 Å². The van der Waals surface area contributed by atoms with Gasteiger partial charge in [-0.3, -0.25) is 0 Å². The Balaban J connectivity index is 1.26. The van der Waals surface area contributed by atoms with Gasteiger partial charge in [0.25, 0.3) is 0 Å². The predicted molar refractivity (Wildman–Crippen MR) is 143 cm³/mol. The van der Waals surface area contributed by atoms with E-state index in [1.54, 1.807) is 0 Å². The summed E-state index contributed by atoms with van der Waals surface area (Å²) < 4.78 is 13.8. The van der Waals surface area contributed by atoms with Crippen LogP contribution in [0.1, 0.15) is 25.3 Å². The van der Waals surface area contributed by atoms with Crippen LogP contribution in [0.5, 0.6) is 11.5 Å². The highest BCUT2D eigenvalue weighted by atomic mass is 16.5. The number of carboxylic acids is 1. The number of aryl methyl sites for hydroxylation is 2. The molecule has 0 unspecified atom stereocenters. The molecule has 36 heavy (non-hydrogen) atoms. The van der Waals surface area contributed by atoms with Gasteiger partial charge in [0.15, 0.2) is 6.61 Å². The second-order valence-corrected chi connectivity index (χ2v) is 8.90. The number of aliphatic carboxylic acids is 1. The fourth-order valence-electron chi connectivity index (χ4n) is 4.76. The fraction of sp³-hybridized carbons (Fsp3) is 0.233. The van der Waals surface area contributed by atoms with E-state index in [2.05, 4.69) is 59.1 Å². The van der Waals surface area contributed by atoms with Crippen molar-refractivity contribution in [3.63, 3.8) is 0 Å². The lowest BCUT2D eigenvalue weighted by molar-refractivity contribution is -0.139. The van der Waals surface area contributed by atoms with E-state index in [0.717, 1.165) is 48.0 Å². The van der Waals surface area contributed by atoms with Gasteiger partial charge < -0.3 is 24.1 Å². The van der Waals surface area contributed by atoms with E-state index in [4.69, 9.17) is 14.6 Å². The van der Waals surface area contributed by atoms with Crippen LogP contribution in [0, 0.1) is 0 Å². The van der Waals surface area contributed by atoms with Crippen molar-refractivity contribution in [3.05, 3.63) is 84.7 Å². The van der Waals surface area contributed by atoms with Crippen molar-refractivity contribution in [2.45, 2.75) is 32.7 Å². The van der Waals surface area contributed by atoms with Crippen LogP contribution in [0.3, 0.4) is 0 Å². The molecule has 0 saturated carbocycles. The summed E-state index contributed by atoms with van der Waals surface area (Å²) in [5.41, 5.74) is 5.90. The molecule has 0 aliphatic heterocycles. The van der Waals surface area contributed by atoms with Gasteiger partial charge >= 0.3 is 5.97 Å². The van der Waals surface area contributed by atoms with E-state index in [0.29, 0.717) is 12.4 Å². The second-order valence-electron chi connectivity index (χ2n) is 8.90. The normalized spacial score (nSPS) is 11.2. The van der Waals surface area contributed by atoms with Gasteiger partial charge in [-0.2, -0.15) is 0 Å². The minimum absolute atomic E-state index is 0.342. The molecule has 184 valence electrons. The number of nitrogens with one attached hydrogen (secondary N) is 1. The smallest absolute Gasteiger partial charge is 0.341 e. The zero-order chi connectivity index (χ0) is 24.9. The van der Waals surface area contributed by atoms with E-state index in [1.165, 1.54) is 22.1 Å². The van der Waals surface area contributed by atoms with E-state index in [1.807, 2.05) is 36.5 Å². The van der Waals surface area contributed by atoms with Crippen molar-refractivity contribution in [3.8, 4) is 22.6 Å². The Bertz CT molecular complexity index is 1480. The molecular formula is C30H30N2O4. The summed E-state index contributed by atoms with van der Waals surface area (Å²) >= 11 is 0. The molecule has 0 saturated heterocycles. The lowest BCUT2D eigenvalue weighted by atomic mass is 10.0. The molecule has 6 nitrogen and oxygen atoms in total. The maximum Gasteiger partial charge on any atom is 0.341 e. The number of nitrogens with zero attached hydrogens (tertiary/aromatic N) is 1. The highest BCUT2D eigenvalue weighted by molar-refractivity contribution is 5.98. The third-order valence-corrected chi connectivity index (χ3v) is 6.41. The Morgan fingerprint density at radius 3 is 2.69 bits per heavy atom. The summed E-state index contributed by atoms with van der Waals surface area (Å²) in [6.45, 7) is 3.29. The van der Waals surface area contributed by atoms with Crippen LogP contribution < -0.4 is 9.47 Å². The summed E-state index contributed by atoms with van der Waals surface area (Å²) in [7, 11) is 0. The third kappa shape index (κ3) is 4.93. The molecule has 5 rings (SSSR count). The number of rotatable bonds is 11. The van der Waals surface area contributed by atoms with E-state index >= 15 is 0 Å². The molecule has 0 radical (unpaired) electrons. The van der Waals surface area contributed by atoms with Gasteiger partial charge in [0, 0.05) is 46.4 Å². The molecule has 0 amide bonds. The van der Waals surface area contributed by atoms with Crippen LogP contribution in [0.15, 0.2) is 79.1 Å². The molecule has 0 aliphatic carbocycles. The molecule has 2 N–H and O–H groups in total. The highest BCUT2D eigenvalue weighted by Gasteiger charge is 2.14. The van der Waals surface area contributed by atoms with Crippen LogP contribution in [0.25, 0.3) is 32.9 Å². The Kier molecular flexibility index (Phi) is 6.94. The molecule has 0 atom stereocenters. The molecule has 3 aromatic carbocycles. The number of aromatic amines is 1. The van der Waals surface area contributed by atoms with Crippen LogP contribution in [0.4, 0.5) is 0 Å².